The number of methoxy groups -OCH3 is 1. The van der Waals surface area contributed by atoms with Crippen molar-refractivity contribution in [2.75, 3.05) is 17.1 Å². The number of anilines is 2. The molecule has 0 saturated carbocycles. The third-order valence-electron chi connectivity index (χ3n) is 4.23. The summed E-state index contributed by atoms with van der Waals surface area (Å²) in [6, 6.07) is 11.0. The Morgan fingerprint density at radius 3 is 2.16 bits per heavy atom. The summed E-state index contributed by atoms with van der Waals surface area (Å²) in [6.07, 6.45) is 1.01. The zero-order valence-corrected chi connectivity index (χ0v) is 16.2. The molecule has 0 heterocycles. The molecule has 2 N–H and O–H groups in total. The molecular weight excluding hydrogens is 336 g/mol. The molecule has 0 radical (unpaired) electrons. The number of hydrogen-bond acceptors (Lipinski definition) is 4. The Bertz CT molecular complexity index is 830. The molecule has 0 fully saturated rings. The van der Waals surface area contributed by atoms with Gasteiger partial charge in [0.15, 0.2) is 0 Å². The molecule has 5 nitrogen and oxygen atoms in total. The minimum absolute atomic E-state index is 0.139. The second kappa shape index (κ2) is 7.78. The van der Waals surface area contributed by atoms with E-state index in [0.717, 1.165) is 23.2 Å². The van der Waals surface area contributed by atoms with E-state index in [1.807, 2.05) is 26.0 Å². The van der Waals surface area contributed by atoms with Gasteiger partial charge in [-0.25, -0.2) is 8.42 Å². The highest BCUT2D eigenvalue weighted by atomic mass is 32.2. The van der Waals surface area contributed by atoms with Crippen LogP contribution in [0.25, 0.3) is 0 Å². The number of hydrogen-bond donors (Lipinski definition) is 2. The van der Waals surface area contributed by atoms with Gasteiger partial charge in [-0.3, -0.25) is 4.72 Å². The molecule has 0 aromatic heterocycles. The van der Waals surface area contributed by atoms with E-state index < -0.39 is 10.0 Å². The van der Waals surface area contributed by atoms with Gasteiger partial charge >= 0.3 is 0 Å². The molecule has 0 saturated heterocycles. The number of ether oxygens (including phenoxy) is 1. The third-order valence-corrected chi connectivity index (χ3v) is 5.63. The quantitative estimate of drug-likeness (QED) is 0.769. The molecule has 25 heavy (non-hydrogen) atoms. The van der Waals surface area contributed by atoms with Crippen molar-refractivity contribution in [3.8, 4) is 5.75 Å². The fraction of sp³-hybridized carbons (Fsp3) is 0.368. The number of benzene rings is 2. The lowest BCUT2D eigenvalue weighted by atomic mass is 10.1. The molecular formula is C19H26N2O3S. The van der Waals surface area contributed by atoms with Crippen LogP contribution in [0.5, 0.6) is 5.75 Å². The van der Waals surface area contributed by atoms with E-state index in [9.17, 15) is 8.42 Å². The first-order valence-corrected chi connectivity index (χ1v) is 9.79. The van der Waals surface area contributed by atoms with Crippen LogP contribution in [-0.2, 0) is 10.0 Å². The first-order chi connectivity index (χ1) is 11.8. The van der Waals surface area contributed by atoms with Gasteiger partial charge < -0.3 is 10.1 Å². The van der Waals surface area contributed by atoms with Crippen molar-refractivity contribution < 1.29 is 13.2 Å². The molecule has 1 atom stereocenters. The van der Waals surface area contributed by atoms with Gasteiger partial charge in [0.05, 0.1) is 7.11 Å². The van der Waals surface area contributed by atoms with Gasteiger partial charge in [-0.05, 0) is 74.7 Å². The topological polar surface area (TPSA) is 67.4 Å². The Balaban J connectivity index is 2.26. The minimum atomic E-state index is -3.73. The first-order valence-electron chi connectivity index (χ1n) is 8.31. The van der Waals surface area contributed by atoms with Crippen LogP contribution in [0.4, 0.5) is 11.4 Å². The van der Waals surface area contributed by atoms with Gasteiger partial charge in [0.1, 0.15) is 10.6 Å². The average Bonchev–Trinajstić information content (AvgIpc) is 2.58. The Morgan fingerprint density at radius 1 is 1.04 bits per heavy atom. The van der Waals surface area contributed by atoms with Crippen molar-refractivity contribution >= 4 is 21.4 Å². The first kappa shape index (κ1) is 19.1. The van der Waals surface area contributed by atoms with E-state index >= 15 is 0 Å². The summed E-state index contributed by atoms with van der Waals surface area (Å²) >= 11 is 0. The molecule has 136 valence electrons. The smallest absolute Gasteiger partial charge is 0.265 e. The minimum Gasteiger partial charge on any atom is -0.495 e. The Kier molecular flexibility index (Phi) is 5.95. The molecule has 0 bridgehead atoms. The summed E-state index contributed by atoms with van der Waals surface area (Å²) in [5.74, 6) is 0.339. The summed E-state index contributed by atoms with van der Waals surface area (Å²) < 4.78 is 33.4. The molecule has 0 spiro atoms. The van der Waals surface area contributed by atoms with Crippen LogP contribution in [-0.4, -0.2) is 21.6 Å². The van der Waals surface area contributed by atoms with Crippen molar-refractivity contribution in [1.29, 1.82) is 0 Å². The van der Waals surface area contributed by atoms with Gasteiger partial charge in [0.25, 0.3) is 10.0 Å². The van der Waals surface area contributed by atoms with E-state index in [1.54, 1.807) is 24.3 Å². The molecule has 2 aromatic rings. The SMILES string of the molecule is CCC(C)Nc1ccc(NS(=O)(=O)c2cc(C)c(C)cc2OC)cc1. The van der Waals surface area contributed by atoms with Crippen LogP contribution < -0.4 is 14.8 Å². The molecule has 0 aliphatic rings. The lowest BCUT2D eigenvalue weighted by Gasteiger charge is -2.15. The van der Waals surface area contributed by atoms with Crippen LogP contribution in [0.15, 0.2) is 41.3 Å². The molecule has 6 heteroatoms. The lowest BCUT2D eigenvalue weighted by Crippen LogP contribution is -2.15. The second-order valence-electron chi connectivity index (χ2n) is 6.22. The van der Waals surface area contributed by atoms with Crippen molar-refractivity contribution in [1.82, 2.24) is 0 Å². The van der Waals surface area contributed by atoms with Crippen molar-refractivity contribution in [2.24, 2.45) is 0 Å². The molecule has 2 rings (SSSR count). The van der Waals surface area contributed by atoms with E-state index in [4.69, 9.17) is 4.74 Å². The van der Waals surface area contributed by atoms with Crippen molar-refractivity contribution in [3.05, 3.63) is 47.5 Å². The number of sulfonamides is 1. The molecule has 0 aliphatic carbocycles. The number of nitrogens with one attached hydrogen (secondary N) is 2. The summed E-state index contributed by atoms with van der Waals surface area (Å²) in [5, 5.41) is 3.35. The molecule has 2 aromatic carbocycles. The maximum atomic E-state index is 12.7. The average molecular weight is 362 g/mol. The summed E-state index contributed by atoms with van der Waals surface area (Å²) in [6.45, 7) is 8.01. The molecule has 0 amide bonds. The van der Waals surface area contributed by atoms with Gasteiger partial charge in [0, 0.05) is 17.4 Å². The van der Waals surface area contributed by atoms with E-state index in [1.165, 1.54) is 7.11 Å². The summed E-state index contributed by atoms with van der Waals surface area (Å²) in [4.78, 5) is 0.139. The van der Waals surface area contributed by atoms with Gasteiger partial charge in [-0.15, -0.1) is 0 Å². The number of aryl methyl sites for hydroxylation is 2. The van der Waals surface area contributed by atoms with E-state index in [-0.39, 0.29) is 4.90 Å². The predicted molar refractivity (Wildman–Crippen MR) is 103 cm³/mol. The fourth-order valence-corrected chi connectivity index (χ4v) is 3.66. The highest BCUT2D eigenvalue weighted by Crippen LogP contribution is 2.29. The summed E-state index contributed by atoms with van der Waals surface area (Å²) in [5.41, 5.74) is 3.35. The Labute approximate surface area is 150 Å². The van der Waals surface area contributed by atoms with Gasteiger partial charge in [0.2, 0.25) is 0 Å². The van der Waals surface area contributed by atoms with Crippen LogP contribution in [0.2, 0.25) is 0 Å². The standard InChI is InChI=1S/C19H26N2O3S/c1-6-15(4)20-16-7-9-17(10-8-16)21-25(22,23)19-12-14(3)13(2)11-18(19)24-5/h7-12,15,20-21H,6H2,1-5H3. The highest BCUT2D eigenvalue weighted by Gasteiger charge is 2.20. The van der Waals surface area contributed by atoms with Crippen LogP contribution in [0.1, 0.15) is 31.4 Å². The van der Waals surface area contributed by atoms with Crippen LogP contribution in [0.3, 0.4) is 0 Å². The Hall–Kier alpha value is -2.21. The highest BCUT2D eigenvalue weighted by molar-refractivity contribution is 7.92. The zero-order valence-electron chi connectivity index (χ0n) is 15.4. The van der Waals surface area contributed by atoms with E-state index in [0.29, 0.717) is 17.5 Å². The maximum Gasteiger partial charge on any atom is 0.265 e. The monoisotopic (exact) mass is 362 g/mol. The van der Waals surface area contributed by atoms with Crippen molar-refractivity contribution in [2.45, 2.75) is 45.1 Å². The normalized spacial score (nSPS) is 12.5. The zero-order chi connectivity index (χ0) is 18.6. The fourth-order valence-electron chi connectivity index (χ4n) is 2.36. The third kappa shape index (κ3) is 4.66. The number of rotatable bonds is 7. The molecule has 1 unspecified atom stereocenters. The lowest BCUT2D eigenvalue weighted by molar-refractivity contribution is 0.402. The predicted octanol–water partition coefficient (Wildman–Crippen LogP) is 4.32. The van der Waals surface area contributed by atoms with Gasteiger partial charge in [-0.2, -0.15) is 0 Å². The van der Waals surface area contributed by atoms with Crippen molar-refractivity contribution in [3.63, 3.8) is 0 Å². The van der Waals surface area contributed by atoms with E-state index in [2.05, 4.69) is 23.9 Å². The molecule has 0 aliphatic heterocycles. The summed E-state index contributed by atoms with van der Waals surface area (Å²) in [7, 11) is -2.26. The largest absolute Gasteiger partial charge is 0.495 e. The maximum absolute atomic E-state index is 12.7. The second-order valence-corrected chi connectivity index (χ2v) is 7.87. The van der Waals surface area contributed by atoms with Crippen LogP contribution in [0, 0.1) is 13.8 Å². The Morgan fingerprint density at radius 2 is 1.60 bits per heavy atom. The van der Waals surface area contributed by atoms with Crippen LogP contribution >= 0.6 is 0 Å². The van der Waals surface area contributed by atoms with Gasteiger partial charge in [-0.1, -0.05) is 6.92 Å².